The highest BCUT2D eigenvalue weighted by molar-refractivity contribution is 6.09. The van der Waals surface area contributed by atoms with Crippen LogP contribution >= 0.6 is 0 Å². The summed E-state index contributed by atoms with van der Waals surface area (Å²) >= 11 is 0. The number of rotatable bonds is 11. The lowest BCUT2D eigenvalue weighted by molar-refractivity contribution is -0.151. The van der Waals surface area contributed by atoms with Gasteiger partial charge in [0.25, 0.3) is 0 Å². The molecule has 3 aromatic rings. The monoisotopic (exact) mass is 527 g/mol. The van der Waals surface area contributed by atoms with Crippen LogP contribution in [0.25, 0.3) is 0 Å². The molecule has 2 aliphatic heterocycles. The van der Waals surface area contributed by atoms with Crippen LogP contribution in [-0.4, -0.2) is 53.0 Å². The maximum absolute atomic E-state index is 13.9. The fourth-order valence-corrected chi connectivity index (χ4v) is 5.78. The van der Waals surface area contributed by atoms with Gasteiger partial charge < -0.3 is 15.2 Å². The van der Waals surface area contributed by atoms with Crippen LogP contribution < -0.4 is 15.4 Å². The van der Waals surface area contributed by atoms with Crippen molar-refractivity contribution in [1.29, 1.82) is 0 Å². The number of anilines is 1. The van der Waals surface area contributed by atoms with Crippen molar-refractivity contribution in [3.8, 4) is 5.75 Å². The number of carboxylic acids is 1. The molecule has 0 saturated carbocycles. The third kappa shape index (κ3) is 5.12. The molecule has 202 valence electrons. The summed E-state index contributed by atoms with van der Waals surface area (Å²) in [7, 11) is 0. The first-order valence-electron chi connectivity index (χ1n) is 13.4. The van der Waals surface area contributed by atoms with Gasteiger partial charge in [0.05, 0.1) is 18.4 Å². The number of hydrogen-bond donors (Lipinski definition) is 3. The van der Waals surface area contributed by atoms with E-state index in [-0.39, 0.29) is 18.9 Å². The molecule has 0 bridgehead atoms. The van der Waals surface area contributed by atoms with E-state index in [1.165, 1.54) is 4.90 Å². The second kappa shape index (κ2) is 11.3. The molecule has 2 heterocycles. The zero-order valence-corrected chi connectivity index (χ0v) is 21.9. The molecule has 3 N–H and O–H groups in total. The number of nitrogens with one attached hydrogen (secondary N) is 2. The molecule has 8 heteroatoms. The molecule has 39 heavy (non-hydrogen) atoms. The van der Waals surface area contributed by atoms with Crippen molar-refractivity contribution in [3.63, 3.8) is 0 Å². The zero-order chi connectivity index (χ0) is 27.4. The van der Waals surface area contributed by atoms with Crippen molar-refractivity contribution in [1.82, 2.24) is 10.2 Å². The highest BCUT2D eigenvalue weighted by atomic mass is 16.5. The van der Waals surface area contributed by atoms with Gasteiger partial charge in [-0.05, 0) is 41.8 Å². The van der Waals surface area contributed by atoms with Crippen molar-refractivity contribution in [2.45, 2.75) is 31.3 Å². The Bertz CT molecular complexity index is 1320. The number of fused-ring (bicyclic) bond motifs is 1. The normalized spacial score (nSPS) is 24.0. The Kier molecular flexibility index (Phi) is 7.65. The predicted octanol–water partition coefficient (Wildman–Crippen LogP) is 3.90. The molecule has 2 fully saturated rings. The van der Waals surface area contributed by atoms with E-state index in [0.717, 1.165) is 23.2 Å². The van der Waals surface area contributed by atoms with Crippen LogP contribution in [0.5, 0.6) is 5.75 Å². The van der Waals surface area contributed by atoms with E-state index in [1.54, 1.807) is 0 Å². The van der Waals surface area contributed by atoms with E-state index < -0.39 is 35.3 Å². The molecule has 2 aliphatic rings. The summed E-state index contributed by atoms with van der Waals surface area (Å²) in [6.45, 7) is 3.13. The molecule has 8 nitrogen and oxygen atoms in total. The maximum atomic E-state index is 13.9. The Hall–Kier alpha value is -4.17. The largest absolute Gasteiger partial charge is 0.494 e. The van der Waals surface area contributed by atoms with Gasteiger partial charge in [0.1, 0.15) is 11.3 Å². The molecule has 2 amide bonds. The number of benzene rings is 3. The topological polar surface area (TPSA) is 108 Å². The molecular formula is C31H33N3O5. The van der Waals surface area contributed by atoms with E-state index in [0.29, 0.717) is 18.9 Å². The zero-order valence-electron chi connectivity index (χ0n) is 21.9. The lowest BCUT2D eigenvalue weighted by Crippen LogP contribution is -2.57. The second-order valence-electron chi connectivity index (χ2n) is 10.1. The van der Waals surface area contributed by atoms with Gasteiger partial charge in [-0.2, -0.15) is 0 Å². The first kappa shape index (κ1) is 26.4. The predicted molar refractivity (Wildman–Crippen MR) is 147 cm³/mol. The number of aliphatic carboxylic acids is 1. The highest BCUT2D eigenvalue weighted by Crippen LogP contribution is 2.50. The van der Waals surface area contributed by atoms with Crippen molar-refractivity contribution in [2.24, 2.45) is 11.8 Å². The van der Waals surface area contributed by atoms with Gasteiger partial charge in [0, 0.05) is 31.2 Å². The number of likely N-dealkylation sites (tertiary alicyclic amines) is 1. The molecule has 5 rings (SSSR count). The fraction of sp³-hybridized carbons (Fsp3) is 0.323. The van der Waals surface area contributed by atoms with Crippen LogP contribution in [0.1, 0.15) is 30.5 Å². The van der Waals surface area contributed by atoms with Crippen molar-refractivity contribution in [2.75, 3.05) is 25.0 Å². The average Bonchev–Trinajstić information content (AvgIpc) is 3.43. The molecule has 0 aromatic heterocycles. The molecule has 0 aliphatic carbocycles. The smallest absolute Gasteiger partial charge is 0.325 e. The van der Waals surface area contributed by atoms with Gasteiger partial charge in [-0.25, -0.2) is 0 Å². The first-order chi connectivity index (χ1) is 18.9. The molecule has 4 unspecified atom stereocenters. The third-order valence-corrected chi connectivity index (χ3v) is 7.60. The number of carboxylic acid groups (broad SMARTS) is 1. The number of hydrogen-bond acceptors (Lipinski definition) is 6. The Labute approximate surface area is 228 Å². The molecule has 0 spiro atoms. The third-order valence-electron chi connectivity index (χ3n) is 7.60. The van der Waals surface area contributed by atoms with Crippen LogP contribution in [0.2, 0.25) is 0 Å². The average molecular weight is 528 g/mol. The van der Waals surface area contributed by atoms with Crippen molar-refractivity contribution >= 4 is 23.5 Å². The van der Waals surface area contributed by atoms with Gasteiger partial charge in [0.2, 0.25) is 11.8 Å². The summed E-state index contributed by atoms with van der Waals surface area (Å²) in [4.78, 5) is 41.9. The van der Waals surface area contributed by atoms with E-state index >= 15 is 0 Å². The molecular weight excluding hydrogens is 494 g/mol. The Morgan fingerprint density at radius 3 is 2.28 bits per heavy atom. The van der Waals surface area contributed by atoms with Gasteiger partial charge >= 0.3 is 5.97 Å². The lowest BCUT2D eigenvalue weighted by Gasteiger charge is -2.31. The molecule has 0 radical (unpaired) electrons. The van der Waals surface area contributed by atoms with E-state index in [2.05, 4.69) is 10.6 Å². The first-order valence-corrected chi connectivity index (χ1v) is 13.4. The van der Waals surface area contributed by atoms with Gasteiger partial charge in [-0.3, -0.25) is 24.6 Å². The summed E-state index contributed by atoms with van der Waals surface area (Å²) in [5, 5.41) is 17.1. The number of para-hydroxylation sites is 1. The standard InChI is InChI=1S/C31H33N3O5/c1-2-19-39-24-15-13-22(14-16-24)27-25-26(31(33-27,30(37)38)20-21-9-5-3-6-10-21)29(36)34(28(25)35)18-17-32-23-11-7-4-8-12-23/h3-16,25-27,32-33H,2,17-20H2,1H3,(H,37,38). The van der Waals surface area contributed by atoms with Gasteiger partial charge in [-0.15, -0.1) is 0 Å². The van der Waals surface area contributed by atoms with Crippen molar-refractivity contribution < 1.29 is 24.2 Å². The Morgan fingerprint density at radius 2 is 1.64 bits per heavy atom. The number of amides is 2. The number of nitrogens with zero attached hydrogens (tertiary/aromatic N) is 1. The molecule has 2 saturated heterocycles. The van der Waals surface area contributed by atoms with Crippen LogP contribution in [0.4, 0.5) is 5.69 Å². The van der Waals surface area contributed by atoms with Crippen LogP contribution in [0, 0.1) is 11.8 Å². The van der Waals surface area contributed by atoms with Crippen LogP contribution in [0.3, 0.4) is 0 Å². The SMILES string of the molecule is CCCOc1ccc(C2NC(Cc3ccccc3)(C(=O)O)C3C(=O)N(CCNc4ccccc4)C(=O)C23)cc1. The number of carbonyl (C=O) groups is 3. The second-order valence-corrected chi connectivity index (χ2v) is 10.1. The van der Waals surface area contributed by atoms with Crippen molar-refractivity contribution in [3.05, 3.63) is 96.1 Å². The van der Waals surface area contributed by atoms with Crippen LogP contribution in [-0.2, 0) is 20.8 Å². The van der Waals surface area contributed by atoms with Crippen LogP contribution in [0.15, 0.2) is 84.9 Å². The van der Waals surface area contributed by atoms with E-state index in [1.807, 2.05) is 91.9 Å². The summed E-state index contributed by atoms with van der Waals surface area (Å²) in [5.74, 6) is -3.11. The molecule has 3 aromatic carbocycles. The highest BCUT2D eigenvalue weighted by Gasteiger charge is 2.68. The minimum atomic E-state index is -1.64. The molecule has 4 atom stereocenters. The quantitative estimate of drug-likeness (QED) is 0.325. The minimum Gasteiger partial charge on any atom is -0.494 e. The Morgan fingerprint density at radius 1 is 0.974 bits per heavy atom. The number of imide groups is 1. The number of ether oxygens (including phenoxy) is 1. The lowest BCUT2D eigenvalue weighted by atomic mass is 9.76. The summed E-state index contributed by atoms with van der Waals surface area (Å²) < 4.78 is 5.70. The van der Waals surface area contributed by atoms with E-state index in [4.69, 9.17) is 4.74 Å². The maximum Gasteiger partial charge on any atom is 0.325 e. The summed E-state index contributed by atoms with van der Waals surface area (Å²) in [6, 6.07) is 25.5. The number of carbonyl (C=O) groups excluding carboxylic acids is 2. The fourth-order valence-electron chi connectivity index (χ4n) is 5.78. The van der Waals surface area contributed by atoms with Gasteiger partial charge in [0.15, 0.2) is 0 Å². The van der Waals surface area contributed by atoms with Gasteiger partial charge in [-0.1, -0.05) is 67.6 Å². The summed E-state index contributed by atoms with van der Waals surface area (Å²) in [5.41, 5.74) is 0.767. The Balaban J connectivity index is 1.47. The van der Waals surface area contributed by atoms with E-state index in [9.17, 15) is 19.5 Å². The summed E-state index contributed by atoms with van der Waals surface area (Å²) in [6.07, 6.45) is 0.954. The minimum absolute atomic E-state index is 0.0770.